The average molecular weight is 338 g/mol. The van der Waals surface area contributed by atoms with Gasteiger partial charge in [0, 0.05) is 0 Å². The van der Waals surface area contributed by atoms with Crippen LogP contribution >= 0.6 is 11.3 Å². The zero-order chi connectivity index (χ0) is 16.9. The predicted molar refractivity (Wildman–Crippen MR) is 99.8 cm³/mol. The number of carbonyl (C=O) groups is 1. The van der Waals surface area contributed by atoms with Gasteiger partial charge < -0.3 is 5.32 Å². The maximum atomic E-state index is 11.9. The quantitative estimate of drug-likeness (QED) is 0.553. The van der Waals surface area contributed by atoms with Crippen molar-refractivity contribution in [1.29, 1.82) is 0 Å². The molecule has 24 heavy (non-hydrogen) atoms. The number of hydrazone groups is 1. The minimum Gasteiger partial charge on any atom is -0.352 e. The number of thiazole rings is 1. The fraction of sp³-hybridized carbons (Fsp3) is 0.167. The number of nitrogens with one attached hydrogen (secondary N) is 2. The average Bonchev–Trinajstić information content (AvgIpc) is 2.98. The molecular weight excluding hydrogens is 320 g/mol. The van der Waals surface area contributed by atoms with E-state index in [2.05, 4.69) is 26.9 Å². The summed E-state index contributed by atoms with van der Waals surface area (Å²) in [6.45, 7) is 4.19. The van der Waals surface area contributed by atoms with Crippen LogP contribution in [0, 0.1) is 13.8 Å². The zero-order valence-electron chi connectivity index (χ0n) is 13.5. The Bertz CT molecular complexity index is 868. The monoisotopic (exact) mass is 338 g/mol. The van der Waals surface area contributed by atoms with E-state index < -0.39 is 0 Å². The van der Waals surface area contributed by atoms with Crippen molar-refractivity contribution < 1.29 is 4.79 Å². The van der Waals surface area contributed by atoms with Gasteiger partial charge in [-0.25, -0.2) is 10.4 Å². The largest absolute Gasteiger partial charge is 0.352 e. The van der Waals surface area contributed by atoms with Crippen LogP contribution in [0.1, 0.15) is 16.7 Å². The van der Waals surface area contributed by atoms with Crippen molar-refractivity contribution in [2.45, 2.75) is 13.8 Å². The van der Waals surface area contributed by atoms with Crippen molar-refractivity contribution in [3.05, 3.63) is 59.2 Å². The van der Waals surface area contributed by atoms with Gasteiger partial charge in [-0.3, -0.25) is 4.79 Å². The van der Waals surface area contributed by atoms with Gasteiger partial charge in [-0.15, -0.1) is 0 Å². The molecule has 1 aromatic heterocycles. The number of rotatable bonds is 5. The fourth-order valence-corrected chi connectivity index (χ4v) is 3.15. The molecule has 1 amide bonds. The number of aryl methyl sites for hydroxylation is 2. The molecule has 0 fully saturated rings. The first-order chi connectivity index (χ1) is 11.6. The Kier molecular flexibility index (Phi) is 4.86. The van der Waals surface area contributed by atoms with Gasteiger partial charge in [0.25, 0.3) is 5.91 Å². The van der Waals surface area contributed by atoms with E-state index in [9.17, 15) is 4.79 Å². The van der Waals surface area contributed by atoms with Crippen LogP contribution in [0.4, 0.5) is 5.13 Å². The van der Waals surface area contributed by atoms with Crippen molar-refractivity contribution in [2.75, 3.05) is 11.9 Å². The molecule has 0 aliphatic carbocycles. The molecule has 0 unspecified atom stereocenters. The third kappa shape index (κ3) is 3.97. The Balaban J connectivity index is 1.53. The summed E-state index contributed by atoms with van der Waals surface area (Å²) >= 11 is 1.52. The van der Waals surface area contributed by atoms with Crippen molar-refractivity contribution >= 4 is 38.8 Å². The maximum Gasteiger partial charge on any atom is 0.259 e. The molecule has 5 nitrogen and oxygen atoms in total. The summed E-state index contributed by atoms with van der Waals surface area (Å²) in [6.07, 6.45) is 1.66. The molecule has 0 saturated carbocycles. The number of benzene rings is 2. The maximum absolute atomic E-state index is 11.9. The Labute approximate surface area is 144 Å². The fourth-order valence-electron chi connectivity index (χ4n) is 2.29. The first kappa shape index (κ1) is 16.1. The lowest BCUT2D eigenvalue weighted by Gasteiger charge is -2.02. The third-order valence-corrected chi connectivity index (χ3v) is 4.51. The summed E-state index contributed by atoms with van der Waals surface area (Å²) < 4.78 is 1.09. The summed E-state index contributed by atoms with van der Waals surface area (Å²) in [5.74, 6) is -0.213. The molecular formula is C18H18N4OS. The number of carbonyl (C=O) groups excluding carboxylic acids is 1. The number of fused-ring (bicyclic) bond motifs is 1. The van der Waals surface area contributed by atoms with Crippen molar-refractivity contribution in [3.8, 4) is 0 Å². The summed E-state index contributed by atoms with van der Waals surface area (Å²) in [5.41, 5.74) is 6.77. The van der Waals surface area contributed by atoms with Crippen LogP contribution in [0.25, 0.3) is 10.2 Å². The van der Waals surface area contributed by atoms with Gasteiger partial charge in [0.1, 0.15) is 0 Å². The molecule has 0 radical (unpaired) electrons. The van der Waals surface area contributed by atoms with Gasteiger partial charge in [0.05, 0.1) is 23.0 Å². The number of para-hydroxylation sites is 1. The Morgan fingerprint density at radius 3 is 2.88 bits per heavy atom. The molecule has 0 aliphatic rings. The second-order valence-electron chi connectivity index (χ2n) is 5.49. The highest BCUT2D eigenvalue weighted by Crippen LogP contribution is 2.24. The molecule has 0 spiro atoms. The first-order valence-corrected chi connectivity index (χ1v) is 8.42. The highest BCUT2D eigenvalue weighted by molar-refractivity contribution is 7.22. The van der Waals surface area contributed by atoms with Crippen molar-refractivity contribution in [2.24, 2.45) is 5.10 Å². The van der Waals surface area contributed by atoms with Gasteiger partial charge in [-0.2, -0.15) is 5.10 Å². The second kappa shape index (κ2) is 7.23. The highest BCUT2D eigenvalue weighted by atomic mass is 32.1. The summed E-state index contributed by atoms with van der Waals surface area (Å²) in [6, 6.07) is 14.0. The number of nitrogens with zero attached hydrogens (tertiary/aromatic N) is 2. The second-order valence-corrected chi connectivity index (χ2v) is 6.52. The third-order valence-electron chi connectivity index (χ3n) is 3.51. The minimum absolute atomic E-state index is 0.129. The van der Waals surface area contributed by atoms with Gasteiger partial charge in [-0.05, 0) is 37.1 Å². The van der Waals surface area contributed by atoms with E-state index >= 15 is 0 Å². The van der Waals surface area contributed by atoms with Crippen LogP contribution in [-0.2, 0) is 4.79 Å². The Morgan fingerprint density at radius 2 is 2.08 bits per heavy atom. The van der Waals surface area contributed by atoms with E-state index in [4.69, 9.17) is 0 Å². The van der Waals surface area contributed by atoms with E-state index in [-0.39, 0.29) is 12.5 Å². The van der Waals surface area contributed by atoms with Crippen molar-refractivity contribution in [3.63, 3.8) is 0 Å². The van der Waals surface area contributed by atoms with E-state index in [1.807, 2.05) is 50.2 Å². The van der Waals surface area contributed by atoms with Gasteiger partial charge in [0.2, 0.25) is 0 Å². The van der Waals surface area contributed by atoms with Gasteiger partial charge >= 0.3 is 0 Å². The summed E-state index contributed by atoms with van der Waals surface area (Å²) in [5, 5.41) is 7.75. The summed E-state index contributed by atoms with van der Waals surface area (Å²) in [4.78, 5) is 16.3. The first-order valence-electron chi connectivity index (χ1n) is 7.60. The molecule has 1 heterocycles. The van der Waals surface area contributed by atoms with E-state index in [0.29, 0.717) is 0 Å². The topological polar surface area (TPSA) is 66.4 Å². The number of amides is 1. The molecule has 3 rings (SSSR count). The van der Waals surface area contributed by atoms with Crippen LogP contribution in [0.3, 0.4) is 0 Å². The van der Waals surface area contributed by atoms with Crippen molar-refractivity contribution in [1.82, 2.24) is 10.4 Å². The molecule has 0 atom stereocenters. The lowest BCUT2D eigenvalue weighted by molar-refractivity contribution is -0.119. The van der Waals surface area contributed by atoms with E-state index in [1.54, 1.807) is 6.21 Å². The van der Waals surface area contributed by atoms with Crippen LogP contribution in [0.5, 0.6) is 0 Å². The molecule has 2 aromatic carbocycles. The normalized spacial score (nSPS) is 11.1. The van der Waals surface area contributed by atoms with Crippen LogP contribution in [0.15, 0.2) is 47.6 Å². The SMILES string of the molecule is Cc1ccc(/C=N\NC(=O)CNc2nc3ccccc3s2)c(C)c1. The number of hydrogen-bond donors (Lipinski definition) is 2. The highest BCUT2D eigenvalue weighted by Gasteiger charge is 2.05. The summed E-state index contributed by atoms with van der Waals surface area (Å²) in [7, 11) is 0. The zero-order valence-corrected chi connectivity index (χ0v) is 14.4. The van der Waals surface area contributed by atoms with Gasteiger partial charge in [-0.1, -0.05) is 47.2 Å². The smallest absolute Gasteiger partial charge is 0.259 e. The molecule has 0 bridgehead atoms. The van der Waals surface area contributed by atoms with Crippen LogP contribution in [0.2, 0.25) is 0 Å². The molecule has 2 N–H and O–H groups in total. The molecule has 3 aromatic rings. The van der Waals surface area contributed by atoms with Crippen LogP contribution < -0.4 is 10.7 Å². The minimum atomic E-state index is -0.213. The number of hydrogen-bond acceptors (Lipinski definition) is 5. The lowest BCUT2D eigenvalue weighted by Crippen LogP contribution is -2.25. The Hall–Kier alpha value is -2.73. The van der Waals surface area contributed by atoms with E-state index in [1.165, 1.54) is 16.9 Å². The van der Waals surface area contributed by atoms with E-state index in [0.717, 1.165) is 26.5 Å². The standard InChI is InChI=1S/C18H18N4OS/c1-12-7-8-14(13(2)9-12)10-20-22-17(23)11-19-18-21-15-5-3-4-6-16(15)24-18/h3-10H,11H2,1-2H3,(H,19,21)(H,22,23)/b20-10-. The lowest BCUT2D eigenvalue weighted by atomic mass is 10.1. The molecule has 0 aliphatic heterocycles. The van der Waals surface area contributed by atoms with Gasteiger partial charge in [0.15, 0.2) is 5.13 Å². The van der Waals surface area contributed by atoms with Crippen LogP contribution in [-0.4, -0.2) is 23.7 Å². The predicted octanol–water partition coefficient (Wildman–Crippen LogP) is 3.48. The number of aromatic nitrogens is 1. The molecule has 122 valence electrons. The Morgan fingerprint density at radius 1 is 1.25 bits per heavy atom. The number of anilines is 1. The molecule has 0 saturated heterocycles. The molecule has 6 heteroatoms.